The van der Waals surface area contributed by atoms with Crippen LogP contribution in [0.15, 0.2) is 66.0 Å². The molecule has 0 bridgehead atoms. The lowest BCUT2D eigenvalue weighted by atomic mass is 10.0. The predicted octanol–water partition coefficient (Wildman–Crippen LogP) is 4.24. The molecule has 0 atom stereocenters. The van der Waals surface area contributed by atoms with E-state index in [9.17, 15) is 4.79 Å². The van der Waals surface area contributed by atoms with Gasteiger partial charge in [0.15, 0.2) is 5.16 Å². The molecular formula is C20H21N3OS. The molecule has 3 aromatic rings. The minimum Gasteiger partial charge on any atom is -0.369 e. The number of carbonyl (C=O) groups is 1. The van der Waals surface area contributed by atoms with Crippen LogP contribution in [0.4, 0.5) is 0 Å². The molecule has 1 heterocycles. The standard InChI is InChI=1S/C20H21N3OS/c1-14(2)16-10-6-7-11-17(16)23-18(15-8-4-3-5-9-15)12-22-20(23)25-13-19(21)24/h3-12,14H,13H2,1-2H3,(H2,21,24). The van der Waals surface area contributed by atoms with Gasteiger partial charge < -0.3 is 5.73 Å². The lowest BCUT2D eigenvalue weighted by molar-refractivity contribution is -0.115. The highest BCUT2D eigenvalue weighted by atomic mass is 32.2. The maximum absolute atomic E-state index is 11.2. The molecule has 128 valence electrons. The molecule has 0 saturated carbocycles. The fourth-order valence-electron chi connectivity index (χ4n) is 2.80. The van der Waals surface area contributed by atoms with Gasteiger partial charge in [0.05, 0.1) is 23.3 Å². The van der Waals surface area contributed by atoms with Crippen LogP contribution in [0.2, 0.25) is 0 Å². The highest BCUT2D eigenvalue weighted by Crippen LogP contribution is 2.33. The minimum absolute atomic E-state index is 0.203. The number of amides is 1. The maximum Gasteiger partial charge on any atom is 0.227 e. The number of benzene rings is 2. The summed E-state index contributed by atoms with van der Waals surface area (Å²) in [5.74, 6) is 0.226. The van der Waals surface area contributed by atoms with Crippen molar-refractivity contribution in [2.75, 3.05) is 5.75 Å². The molecule has 0 unspecified atom stereocenters. The molecule has 25 heavy (non-hydrogen) atoms. The Kier molecular flexibility index (Phi) is 5.24. The number of hydrogen-bond donors (Lipinski definition) is 1. The van der Waals surface area contributed by atoms with Crippen LogP contribution in [-0.2, 0) is 4.79 Å². The summed E-state index contributed by atoms with van der Waals surface area (Å²) in [6.45, 7) is 4.35. The summed E-state index contributed by atoms with van der Waals surface area (Å²) >= 11 is 1.36. The molecule has 3 rings (SSSR count). The second-order valence-corrected chi connectivity index (χ2v) is 7.04. The Bertz CT molecular complexity index is 872. The quantitative estimate of drug-likeness (QED) is 0.676. The van der Waals surface area contributed by atoms with Crippen molar-refractivity contribution in [1.29, 1.82) is 0 Å². The molecule has 0 aliphatic carbocycles. The SMILES string of the molecule is CC(C)c1ccccc1-n1c(-c2ccccc2)cnc1SCC(N)=O. The van der Waals surface area contributed by atoms with Crippen molar-refractivity contribution in [3.05, 3.63) is 66.4 Å². The van der Waals surface area contributed by atoms with Crippen LogP contribution in [0.3, 0.4) is 0 Å². The second-order valence-electron chi connectivity index (χ2n) is 6.10. The lowest BCUT2D eigenvalue weighted by Gasteiger charge is -2.18. The summed E-state index contributed by atoms with van der Waals surface area (Å²) in [6, 6.07) is 18.5. The molecule has 0 spiro atoms. The van der Waals surface area contributed by atoms with Crippen molar-refractivity contribution in [2.24, 2.45) is 5.73 Å². The Hall–Kier alpha value is -2.53. The van der Waals surface area contributed by atoms with Gasteiger partial charge in [0.2, 0.25) is 5.91 Å². The number of carbonyl (C=O) groups excluding carboxylic acids is 1. The van der Waals surface area contributed by atoms with Gasteiger partial charge in [-0.2, -0.15) is 0 Å². The number of para-hydroxylation sites is 1. The Labute approximate surface area is 152 Å². The summed E-state index contributed by atoms with van der Waals surface area (Å²) in [5.41, 5.74) is 9.73. The second kappa shape index (κ2) is 7.57. The Morgan fingerprint density at radius 2 is 1.80 bits per heavy atom. The van der Waals surface area contributed by atoms with E-state index in [-0.39, 0.29) is 11.7 Å². The van der Waals surface area contributed by atoms with Gasteiger partial charge in [-0.25, -0.2) is 4.98 Å². The first kappa shape index (κ1) is 17.3. The van der Waals surface area contributed by atoms with Gasteiger partial charge in [0, 0.05) is 5.56 Å². The number of hydrogen-bond acceptors (Lipinski definition) is 3. The van der Waals surface area contributed by atoms with E-state index in [4.69, 9.17) is 5.73 Å². The van der Waals surface area contributed by atoms with Crippen molar-refractivity contribution in [3.8, 4) is 16.9 Å². The fraction of sp³-hybridized carbons (Fsp3) is 0.200. The minimum atomic E-state index is -0.349. The zero-order valence-corrected chi connectivity index (χ0v) is 15.2. The third-order valence-corrected chi connectivity index (χ3v) is 4.92. The first-order chi connectivity index (χ1) is 12.1. The number of nitrogens with zero attached hydrogens (tertiary/aromatic N) is 2. The van der Waals surface area contributed by atoms with Gasteiger partial charge >= 0.3 is 0 Å². The van der Waals surface area contributed by atoms with E-state index in [1.54, 1.807) is 0 Å². The average Bonchev–Trinajstić information content (AvgIpc) is 3.04. The van der Waals surface area contributed by atoms with Crippen molar-refractivity contribution < 1.29 is 4.79 Å². The Balaban J connectivity index is 2.18. The number of primary amides is 1. The van der Waals surface area contributed by atoms with E-state index in [0.29, 0.717) is 5.92 Å². The summed E-state index contributed by atoms with van der Waals surface area (Å²) in [6.07, 6.45) is 1.86. The van der Waals surface area contributed by atoms with Gasteiger partial charge in [-0.3, -0.25) is 9.36 Å². The largest absolute Gasteiger partial charge is 0.369 e. The van der Waals surface area contributed by atoms with Gasteiger partial charge in [0.25, 0.3) is 0 Å². The number of imidazole rings is 1. The zero-order valence-electron chi connectivity index (χ0n) is 14.3. The smallest absolute Gasteiger partial charge is 0.227 e. The van der Waals surface area contributed by atoms with Gasteiger partial charge in [-0.05, 0) is 17.5 Å². The topological polar surface area (TPSA) is 60.9 Å². The van der Waals surface area contributed by atoms with Crippen LogP contribution in [0, 0.1) is 0 Å². The Morgan fingerprint density at radius 1 is 1.12 bits per heavy atom. The predicted molar refractivity (Wildman–Crippen MR) is 103 cm³/mol. The third-order valence-electron chi connectivity index (χ3n) is 3.94. The van der Waals surface area contributed by atoms with Crippen LogP contribution in [0.5, 0.6) is 0 Å². The summed E-state index contributed by atoms with van der Waals surface area (Å²) in [4.78, 5) is 15.8. The van der Waals surface area contributed by atoms with Crippen molar-refractivity contribution in [2.45, 2.75) is 24.9 Å². The van der Waals surface area contributed by atoms with E-state index in [0.717, 1.165) is 22.1 Å². The summed E-state index contributed by atoms with van der Waals surface area (Å²) < 4.78 is 2.12. The highest BCUT2D eigenvalue weighted by molar-refractivity contribution is 7.99. The number of aromatic nitrogens is 2. The normalized spacial score (nSPS) is 11.0. The molecule has 5 heteroatoms. The molecule has 1 aromatic heterocycles. The molecule has 4 nitrogen and oxygen atoms in total. The number of thioether (sulfide) groups is 1. The molecule has 1 amide bonds. The fourth-order valence-corrected chi connectivity index (χ4v) is 3.52. The van der Waals surface area contributed by atoms with Crippen LogP contribution in [0.25, 0.3) is 16.9 Å². The Morgan fingerprint density at radius 3 is 2.48 bits per heavy atom. The zero-order chi connectivity index (χ0) is 17.8. The van der Waals surface area contributed by atoms with E-state index in [1.807, 2.05) is 36.5 Å². The summed E-state index contributed by atoms with van der Waals surface area (Å²) in [7, 11) is 0. The first-order valence-corrected chi connectivity index (χ1v) is 9.20. The van der Waals surface area contributed by atoms with Gasteiger partial charge in [0.1, 0.15) is 0 Å². The third kappa shape index (κ3) is 3.77. The van der Waals surface area contributed by atoms with E-state index in [2.05, 4.69) is 47.7 Å². The van der Waals surface area contributed by atoms with E-state index in [1.165, 1.54) is 17.3 Å². The molecule has 0 aliphatic rings. The molecule has 0 fully saturated rings. The van der Waals surface area contributed by atoms with Gasteiger partial charge in [-0.15, -0.1) is 0 Å². The van der Waals surface area contributed by atoms with Gasteiger partial charge in [-0.1, -0.05) is 74.1 Å². The molecule has 0 saturated heterocycles. The molecule has 2 aromatic carbocycles. The van der Waals surface area contributed by atoms with Crippen LogP contribution in [0.1, 0.15) is 25.3 Å². The first-order valence-electron chi connectivity index (χ1n) is 8.21. The van der Waals surface area contributed by atoms with Crippen LogP contribution in [-0.4, -0.2) is 21.2 Å². The molecule has 0 aliphatic heterocycles. The van der Waals surface area contributed by atoms with Crippen molar-refractivity contribution in [3.63, 3.8) is 0 Å². The van der Waals surface area contributed by atoms with Crippen LogP contribution < -0.4 is 5.73 Å². The lowest BCUT2D eigenvalue weighted by Crippen LogP contribution is -2.14. The van der Waals surface area contributed by atoms with Crippen LogP contribution >= 0.6 is 11.8 Å². The van der Waals surface area contributed by atoms with E-state index < -0.39 is 0 Å². The number of rotatable bonds is 6. The monoisotopic (exact) mass is 351 g/mol. The molecule has 0 radical (unpaired) electrons. The average molecular weight is 351 g/mol. The number of nitrogens with two attached hydrogens (primary N) is 1. The van der Waals surface area contributed by atoms with E-state index >= 15 is 0 Å². The highest BCUT2D eigenvalue weighted by Gasteiger charge is 2.18. The maximum atomic E-state index is 11.2. The van der Waals surface area contributed by atoms with Crippen molar-refractivity contribution in [1.82, 2.24) is 9.55 Å². The molecule has 2 N–H and O–H groups in total. The van der Waals surface area contributed by atoms with Crippen molar-refractivity contribution >= 4 is 17.7 Å². The summed E-state index contributed by atoms with van der Waals surface area (Å²) in [5, 5.41) is 0.769. The molecular weight excluding hydrogens is 330 g/mol.